The molecule has 0 rings (SSSR count). The first-order chi connectivity index (χ1) is 5.83. The molecule has 0 aromatic rings. The first kappa shape index (κ1) is 18.5. The monoisotopic (exact) mass is 288 g/mol. The molecule has 12 heavy (non-hydrogen) atoms. The van der Waals surface area contributed by atoms with Crippen molar-refractivity contribution in [1.82, 2.24) is 0 Å². The number of halogens is 1. The van der Waals surface area contributed by atoms with Crippen LogP contribution in [0.25, 0.3) is 0 Å². The number of hydrogen-bond acceptors (Lipinski definition) is 2. The van der Waals surface area contributed by atoms with Crippen molar-refractivity contribution in [2.45, 2.75) is 39.5 Å². The van der Waals surface area contributed by atoms with E-state index in [9.17, 15) is 2.81 Å². The third-order valence-corrected chi connectivity index (χ3v) is 1.02. The zero-order valence-corrected chi connectivity index (χ0v) is 10.5. The summed E-state index contributed by atoms with van der Waals surface area (Å²) in [5.74, 6) is 0. The van der Waals surface area contributed by atoms with E-state index in [0.29, 0.717) is 13.2 Å². The summed E-state index contributed by atoms with van der Waals surface area (Å²) in [5.41, 5.74) is 0. The van der Waals surface area contributed by atoms with Gasteiger partial charge in [-0.25, -0.2) is 0 Å². The minimum atomic E-state index is 0.250. The van der Waals surface area contributed by atoms with E-state index in [0.717, 1.165) is 25.7 Å². The zero-order chi connectivity index (χ0) is 10.2. The molecule has 0 amide bonds. The van der Waals surface area contributed by atoms with Crippen LogP contribution in [0.15, 0.2) is 0 Å². The number of aliphatic hydroxyl groups excluding tert-OH is 2. The van der Waals surface area contributed by atoms with E-state index in [1.165, 1.54) is 0 Å². The van der Waals surface area contributed by atoms with E-state index in [1.54, 1.807) is 0 Å². The molecular weight excluding hydrogens is 269 g/mol. The van der Waals surface area contributed by atoms with Crippen molar-refractivity contribution in [2.24, 2.45) is 0 Å². The summed E-state index contributed by atoms with van der Waals surface area (Å²) in [5, 5.41) is 16.1. The molecule has 0 atom stereocenters. The molecule has 0 aliphatic heterocycles. The van der Waals surface area contributed by atoms with Crippen LogP contribution in [0.3, 0.4) is 0 Å². The summed E-state index contributed by atoms with van der Waals surface area (Å²) in [6, 6.07) is 0. The van der Waals surface area contributed by atoms with Crippen molar-refractivity contribution in [3.8, 4) is 0 Å². The Kier molecular flexibility index (Phi) is 45.9. The molecule has 0 aromatic heterocycles. The standard InChI is InChI=1S/2C4H10O.FH.Sb/c2*1-2-3-4-5;;/h2*5H,2-4H2,1H3;1H;/q;;;+1/p-1. The van der Waals surface area contributed by atoms with E-state index < -0.39 is 0 Å². The van der Waals surface area contributed by atoms with Gasteiger partial charge in [-0.05, 0) is 12.8 Å². The predicted octanol–water partition coefficient (Wildman–Crippen LogP) is 1.60. The average Bonchev–Trinajstić information content (AvgIpc) is 2.12. The van der Waals surface area contributed by atoms with Gasteiger partial charge >= 0.3 is 26.4 Å². The van der Waals surface area contributed by atoms with Crippen LogP contribution >= 0.6 is 0 Å². The number of unbranched alkanes of at least 4 members (excludes halogenated alkanes) is 2. The van der Waals surface area contributed by atoms with Gasteiger partial charge in [-0.15, -0.1) is 0 Å². The van der Waals surface area contributed by atoms with Gasteiger partial charge in [0.15, 0.2) is 0 Å². The third kappa shape index (κ3) is 45.8. The van der Waals surface area contributed by atoms with Crippen molar-refractivity contribution in [2.75, 3.05) is 13.2 Å². The van der Waals surface area contributed by atoms with Crippen LogP contribution in [0, 0.1) is 0 Å². The van der Waals surface area contributed by atoms with E-state index in [4.69, 9.17) is 10.2 Å². The van der Waals surface area contributed by atoms with E-state index >= 15 is 0 Å². The molecule has 2 nitrogen and oxygen atoms in total. The summed E-state index contributed by atoms with van der Waals surface area (Å²) < 4.78 is 9.55. The Morgan fingerprint density at radius 1 is 0.917 bits per heavy atom. The van der Waals surface area contributed by atoms with Crippen LogP contribution < -0.4 is 0 Å². The van der Waals surface area contributed by atoms with E-state index in [1.807, 2.05) is 0 Å². The molecule has 0 saturated carbocycles. The molecule has 76 valence electrons. The molecule has 0 aliphatic carbocycles. The molecule has 0 fully saturated rings. The fourth-order valence-corrected chi connectivity index (χ4v) is 0.316. The summed E-state index contributed by atoms with van der Waals surface area (Å²) in [6.45, 7) is 4.79. The van der Waals surface area contributed by atoms with Crippen LogP contribution in [0.4, 0.5) is 2.81 Å². The van der Waals surface area contributed by atoms with Gasteiger partial charge in [-0.1, -0.05) is 26.7 Å². The number of hydrogen-bond donors (Lipinski definition) is 2. The number of aliphatic hydroxyl groups is 2. The normalized spacial score (nSPS) is 7.50. The molecule has 0 heterocycles. The van der Waals surface area contributed by atoms with Crippen molar-refractivity contribution >= 4 is 23.6 Å². The number of rotatable bonds is 4. The second kappa shape index (κ2) is 29.9. The van der Waals surface area contributed by atoms with Gasteiger partial charge in [-0.2, -0.15) is 0 Å². The maximum atomic E-state index is 9.55. The van der Waals surface area contributed by atoms with Crippen molar-refractivity contribution < 1.29 is 13.0 Å². The molecule has 0 bridgehead atoms. The Morgan fingerprint density at radius 3 is 1.17 bits per heavy atom. The molecule has 4 heteroatoms. The SMILES string of the molecule is CCCCO.CCCCO.[F][Sb]. The minimum absolute atomic E-state index is 0.250. The quantitative estimate of drug-likeness (QED) is 0.772. The summed E-state index contributed by atoms with van der Waals surface area (Å²) in [4.78, 5) is 0. The Bertz CT molecular complexity index is 38.0. The van der Waals surface area contributed by atoms with Gasteiger partial charge in [0.25, 0.3) is 0 Å². The molecule has 2 N–H and O–H groups in total. The molecule has 0 spiro atoms. The molecule has 0 aromatic carbocycles. The summed E-state index contributed by atoms with van der Waals surface area (Å²) in [7, 11) is 0. The Balaban J connectivity index is -0.000000112. The third-order valence-electron chi connectivity index (χ3n) is 1.02. The van der Waals surface area contributed by atoms with Gasteiger partial charge in [0.05, 0.1) is 0 Å². The van der Waals surface area contributed by atoms with Crippen LogP contribution in [-0.4, -0.2) is 47.0 Å². The second-order valence-corrected chi connectivity index (χ2v) is 2.15. The molecule has 0 aliphatic rings. The summed E-state index contributed by atoms with van der Waals surface area (Å²) >= 11 is 0.250. The average molecular weight is 289 g/mol. The maximum absolute atomic E-state index is 9.55. The van der Waals surface area contributed by atoms with Crippen molar-refractivity contribution in [3.05, 3.63) is 0 Å². The van der Waals surface area contributed by atoms with Gasteiger partial charge in [0.1, 0.15) is 0 Å². The molecular formula is C8H20FO2Sb. The van der Waals surface area contributed by atoms with Crippen LogP contribution in [0.2, 0.25) is 0 Å². The fourth-order valence-electron chi connectivity index (χ4n) is 0.316. The Morgan fingerprint density at radius 2 is 1.17 bits per heavy atom. The molecule has 0 saturated heterocycles. The Hall–Kier alpha value is 0.668. The van der Waals surface area contributed by atoms with Gasteiger partial charge in [-0.3, -0.25) is 0 Å². The van der Waals surface area contributed by atoms with Crippen LogP contribution in [0.1, 0.15) is 39.5 Å². The molecule has 0 unspecified atom stereocenters. The first-order valence-electron chi connectivity index (χ1n) is 4.22. The topological polar surface area (TPSA) is 40.5 Å². The first-order valence-corrected chi connectivity index (χ1v) is 5.18. The zero-order valence-electron chi connectivity index (χ0n) is 7.96. The fraction of sp³-hybridized carbons (Fsp3) is 1.00. The van der Waals surface area contributed by atoms with Crippen molar-refractivity contribution in [1.29, 1.82) is 0 Å². The van der Waals surface area contributed by atoms with E-state index in [-0.39, 0.29) is 23.6 Å². The van der Waals surface area contributed by atoms with Crippen molar-refractivity contribution in [3.63, 3.8) is 0 Å². The Labute approximate surface area is 89.5 Å². The van der Waals surface area contributed by atoms with Gasteiger partial charge in [0, 0.05) is 13.2 Å². The van der Waals surface area contributed by atoms with Gasteiger partial charge in [0.2, 0.25) is 0 Å². The van der Waals surface area contributed by atoms with Crippen LogP contribution in [-0.2, 0) is 0 Å². The summed E-state index contributed by atoms with van der Waals surface area (Å²) in [6.07, 6.45) is 4.08. The van der Waals surface area contributed by atoms with Gasteiger partial charge < -0.3 is 10.2 Å². The molecule has 2 radical (unpaired) electrons. The van der Waals surface area contributed by atoms with Crippen LogP contribution in [0.5, 0.6) is 0 Å². The van der Waals surface area contributed by atoms with E-state index in [2.05, 4.69) is 13.8 Å². The predicted molar refractivity (Wildman–Crippen MR) is 50.8 cm³/mol. The second-order valence-electron chi connectivity index (χ2n) is 2.15.